The number of hydrogen-bond donors (Lipinski definition) is 0. The molecule has 0 aliphatic heterocycles. The fourth-order valence-corrected chi connectivity index (χ4v) is 0. The summed E-state index contributed by atoms with van der Waals surface area (Å²) in [5.41, 5.74) is 0. The quantitative estimate of drug-likeness (QED) is 0.260. The first kappa shape index (κ1) is 32.0. The first-order valence-electron chi connectivity index (χ1n) is 0.667. The van der Waals surface area contributed by atoms with E-state index in [0.29, 0.717) is 0 Å². The van der Waals surface area contributed by atoms with Crippen LogP contribution < -0.4 is 0 Å². The Kier molecular flexibility index (Phi) is 42.3. The summed E-state index contributed by atoms with van der Waals surface area (Å²) >= 11 is 0. The fraction of sp³-hybridized carbons (Fsp3) is 0. The Labute approximate surface area is 81.1 Å². The molecule has 0 aliphatic rings. The normalized spacial score (nSPS) is 6.44. The monoisotopic (exact) mass is 218 g/mol. The molecule has 6 nitrogen and oxygen atoms in total. The summed E-state index contributed by atoms with van der Waals surface area (Å²) in [5, 5.41) is 0. The molecule has 0 saturated carbocycles. The van der Waals surface area contributed by atoms with Gasteiger partial charge in [0.25, 0.3) is 0 Å². The summed E-state index contributed by atoms with van der Waals surface area (Å²) in [4.78, 5) is 0. The van der Waals surface area contributed by atoms with Gasteiger partial charge < -0.3 is 20.1 Å². The van der Waals surface area contributed by atoms with Gasteiger partial charge in [-0.1, -0.05) is 0 Å². The molecule has 0 atom stereocenters. The molecular formula is H2MgO6SZn. The molecule has 0 unspecified atom stereocenters. The SMILES string of the molecule is O=S(=O)([O-])[O-].[Mg+2].[OH-].[OH-].[Zn+2]. The Morgan fingerprint density at radius 2 is 1.00 bits per heavy atom. The van der Waals surface area contributed by atoms with Crippen LogP contribution in [-0.2, 0) is 29.9 Å². The van der Waals surface area contributed by atoms with Gasteiger partial charge in [-0.3, -0.25) is 8.42 Å². The molecule has 0 fully saturated rings. The van der Waals surface area contributed by atoms with Crippen molar-refractivity contribution in [3.05, 3.63) is 0 Å². The van der Waals surface area contributed by atoms with Gasteiger partial charge in [0.15, 0.2) is 0 Å². The first-order valence-corrected chi connectivity index (χ1v) is 2.00. The predicted octanol–water partition coefficient (Wildman–Crippen LogP) is -2.07. The second-order valence-electron chi connectivity index (χ2n) is 0.408. The minimum atomic E-state index is -5.17. The van der Waals surface area contributed by atoms with Crippen LogP contribution in [0.2, 0.25) is 0 Å². The van der Waals surface area contributed by atoms with Gasteiger partial charge in [0.1, 0.15) is 0 Å². The van der Waals surface area contributed by atoms with Crippen LogP contribution in [0.4, 0.5) is 0 Å². The zero-order chi connectivity index (χ0) is 4.50. The molecular weight excluding hydrogens is 218 g/mol. The largest absolute Gasteiger partial charge is 2.00 e. The number of hydrogen-bond acceptors (Lipinski definition) is 6. The standard InChI is InChI=1S/Mg.H2O4S.2H2O.Zn/c;1-5(2,3)4;;;/h;(H2,1,2,3,4);2*1H2;/q+2;;;;+2/p-4. The van der Waals surface area contributed by atoms with Crippen LogP contribution in [0.25, 0.3) is 0 Å². The second kappa shape index (κ2) is 11.9. The van der Waals surface area contributed by atoms with E-state index in [9.17, 15) is 0 Å². The van der Waals surface area contributed by atoms with E-state index in [1.54, 1.807) is 0 Å². The van der Waals surface area contributed by atoms with Crippen molar-refractivity contribution in [1.82, 2.24) is 0 Å². The third-order valence-corrected chi connectivity index (χ3v) is 0. The molecule has 9 heteroatoms. The Hall–Kier alpha value is 1.18. The van der Waals surface area contributed by atoms with Gasteiger partial charge in [-0.25, -0.2) is 0 Å². The van der Waals surface area contributed by atoms with Gasteiger partial charge in [-0.05, 0) is 0 Å². The minimum absolute atomic E-state index is 0. The van der Waals surface area contributed by atoms with Crippen LogP contribution in [0.5, 0.6) is 0 Å². The van der Waals surface area contributed by atoms with E-state index in [2.05, 4.69) is 0 Å². The third kappa shape index (κ3) is 340. The topological polar surface area (TPSA) is 140 Å². The first-order chi connectivity index (χ1) is 2.00. The van der Waals surface area contributed by atoms with E-state index in [0.717, 1.165) is 0 Å². The Bertz CT molecular complexity index is 96.2. The molecule has 2 N–H and O–H groups in total. The Morgan fingerprint density at radius 3 is 1.00 bits per heavy atom. The molecule has 0 heterocycles. The zero-order valence-corrected chi connectivity index (χ0v) is 9.55. The molecule has 0 spiro atoms. The van der Waals surface area contributed by atoms with Gasteiger partial charge in [0.05, 0.1) is 0 Å². The summed E-state index contributed by atoms with van der Waals surface area (Å²) in [6.45, 7) is 0. The summed E-state index contributed by atoms with van der Waals surface area (Å²) in [6.07, 6.45) is 0. The van der Waals surface area contributed by atoms with Gasteiger partial charge in [-0.2, -0.15) is 0 Å². The van der Waals surface area contributed by atoms with Crippen LogP contribution in [0.1, 0.15) is 0 Å². The van der Waals surface area contributed by atoms with Gasteiger partial charge >= 0.3 is 42.5 Å². The zero-order valence-electron chi connectivity index (χ0n) is 4.35. The Balaban J connectivity index is -0.0000000133. The molecule has 0 aromatic rings. The summed E-state index contributed by atoms with van der Waals surface area (Å²) in [5.74, 6) is 0. The van der Waals surface area contributed by atoms with E-state index in [1.807, 2.05) is 0 Å². The maximum atomic E-state index is 8.52. The predicted molar refractivity (Wildman–Crippen MR) is 20.1 cm³/mol. The molecule has 0 radical (unpaired) electrons. The van der Waals surface area contributed by atoms with Gasteiger partial charge in [-0.15, -0.1) is 0 Å². The molecule has 0 aromatic carbocycles. The molecule has 0 amide bonds. The van der Waals surface area contributed by atoms with Crippen molar-refractivity contribution in [2.75, 3.05) is 0 Å². The Morgan fingerprint density at radius 1 is 1.00 bits per heavy atom. The fourth-order valence-electron chi connectivity index (χ4n) is 0. The van der Waals surface area contributed by atoms with Crippen LogP contribution in [0, 0.1) is 0 Å². The third-order valence-electron chi connectivity index (χ3n) is 0. The van der Waals surface area contributed by atoms with E-state index in [4.69, 9.17) is 17.5 Å². The summed E-state index contributed by atoms with van der Waals surface area (Å²) in [7, 11) is -5.17. The van der Waals surface area contributed by atoms with E-state index in [1.165, 1.54) is 0 Å². The molecule has 0 aromatic heterocycles. The van der Waals surface area contributed by atoms with Crippen molar-refractivity contribution in [3.63, 3.8) is 0 Å². The average Bonchev–Trinajstić information content (AvgIpc) is 0.722. The maximum Gasteiger partial charge on any atom is 2.00 e. The number of rotatable bonds is 0. The van der Waals surface area contributed by atoms with E-state index < -0.39 is 10.4 Å². The molecule has 0 saturated heterocycles. The van der Waals surface area contributed by atoms with Crippen molar-refractivity contribution in [1.29, 1.82) is 0 Å². The van der Waals surface area contributed by atoms with E-state index in [-0.39, 0.29) is 53.5 Å². The smallest absolute Gasteiger partial charge is 0.870 e. The van der Waals surface area contributed by atoms with Crippen molar-refractivity contribution in [3.8, 4) is 0 Å². The summed E-state index contributed by atoms with van der Waals surface area (Å²) < 4.78 is 34.1. The van der Waals surface area contributed by atoms with Crippen molar-refractivity contribution in [2.45, 2.75) is 0 Å². The van der Waals surface area contributed by atoms with E-state index >= 15 is 0 Å². The van der Waals surface area contributed by atoms with Crippen molar-refractivity contribution in [2.24, 2.45) is 0 Å². The molecule has 0 rings (SSSR count). The van der Waals surface area contributed by atoms with Crippen LogP contribution in [-0.4, -0.2) is 51.5 Å². The van der Waals surface area contributed by atoms with Gasteiger partial charge in [0, 0.05) is 10.4 Å². The molecule has 0 bridgehead atoms. The van der Waals surface area contributed by atoms with Crippen LogP contribution in [0.15, 0.2) is 0 Å². The van der Waals surface area contributed by atoms with Crippen molar-refractivity contribution >= 4 is 33.5 Å². The minimum Gasteiger partial charge on any atom is -0.870 e. The van der Waals surface area contributed by atoms with Crippen LogP contribution >= 0.6 is 0 Å². The van der Waals surface area contributed by atoms with Gasteiger partial charge in [0.2, 0.25) is 0 Å². The maximum absolute atomic E-state index is 8.52. The molecule has 9 heavy (non-hydrogen) atoms. The molecule has 48 valence electrons. The van der Waals surface area contributed by atoms with Crippen LogP contribution in [0.3, 0.4) is 0 Å². The second-order valence-corrected chi connectivity index (χ2v) is 1.22. The molecule has 0 aliphatic carbocycles. The average molecular weight is 220 g/mol. The summed E-state index contributed by atoms with van der Waals surface area (Å²) in [6, 6.07) is 0. The van der Waals surface area contributed by atoms with Crippen molar-refractivity contribution < 1.29 is 48.0 Å².